The number of nitrogens with zero attached hydrogens (tertiary/aromatic N) is 3. The third kappa shape index (κ3) is 4.95. The van der Waals surface area contributed by atoms with E-state index in [-0.39, 0.29) is 11.7 Å². The normalized spacial score (nSPS) is 10.7. The van der Waals surface area contributed by atoms with Crippen LogP contribution in [0.15, 0.2) is 60.3 Å². The van der Waals surface area contributed by atoms with Crippen molar-refractivity contribution in [1.29, 1.82) is 0 Å². The first-order valence-electron chi connectivity index (χ1n) is 8.46. The molecule has 1 aromatic heterocycles. The van der Waals surface area contributed by atoms with Crippen molar-refractivity contribution in [3.05, 3.63) is 70.7 Å². The number of amides is 1. The van der Waals surface area contributed by atoms with Crippen molar-refractivity contribution in [2.24, 2.45) is 0 Å². The van der Waals surface area contributed by atoms with Crippen molar-refractivity contribution in [3.8, 4) is 11.4 Å². The molecule has 5 nitrogen and oxygen atoms in total. The molecule has 0 saturated heterocycles. The number of carbonyl (C=O) groups excluding carboxylic acids is 1. The summed E-state index contributed by atoms with van der Waals surface area (Å²) in [6, 6.07) is 13.0. The van der Waals surface area contributed by atoms with Gasteiger partial charge in [0.05, 0.1) is 15.8 Å². The van der Waals surface area contributed by atoms with E-state index in [0.29, 0.717) is 27.4 Å². The quantitative estimate of drug-likeness (QED) is 0.396. The Hall–Kier alpha value is -2.28. The van der Waals surface area contributed by atoms with Crippen LogP contribution in [0, 0.1) is 6.92 Å². The summed E-state index contributed by atoms with van der Waals surface area (Å²) >= 11 is 13.2. The fourth-order valence-corrected chi connectivity index (χ4v) is 3.55. The molecule has 0 unspecified atom stereocenters. The van der Waals surface area contributed by atoms with Gasteiger partial charge in [-0.15, -0.1) is 16.8 Å². The van der Waals surface area contributed by atoms with Gasteiger partial charge in [-0.05, 0) is 25.1 Å². The van der Waals surface area contributed by atoms with Crippen molar-refractivity contribution in [2.45, 2.75) is 18.6 Å². The molecule has 0 atom stereocenters. The predicted octanol–water partition coefficient (Wildman–Crippen LogP) is 5.48. The predicted molar refractivity (Wildman–Crippen MR) is 116 cm³/mol. The highest BCUT2D eigenvalue weighted by Gasteiger charge is 2.15. The van der Waals surface area contributed by atoms with Crippen LogP contribution in [-0.2, 0) is 11.3 Å². The molecule has 1 N–H and O–H groups in total. The molecule has 3 aromatic rings. The minimum atomic E-state index is -0.173. The van der Waals surface area contributed by atoms with Crippen molar-refractivity contribution in [3.63, 3.8) is 0 Å². The van der Waals surface area contributed by atoms with Gasteiger partial charge < -0.3 is 5.32 Å². The van der Waals surface area contributed by atoms with Crippen LogP contribution >= 0.6 is 35.0 Å². The van der Waals surface area contributed by atoms with Gasteiger partial charge in [0, 0.05) is 17.8 Å². The molecule has 0 aliphatic rings. The first-order chi connectivity index (χ1) is 13.5. The van der Waals surface area contributed by atoms with Crippen LogP contribution in [0.1, 0.15) is 5.56 Å². The first kappa shape index (κ1) is 20.5. The lowest BCUT2D eigenvalue weighted by Crippen LogP contribution is -2.14. The molecule has 3 rings (SSSR count). The molecule has 0 aliphatic carbocycles. The van der Waals surface area contributed by atoms with Gasteiger partial charge in [0.2, 0.25) is 5.91 Å². The Morgan fingerprint density at radius 1 is 1.18 bits per heavy atom. The van der Waals surface area contributed by atoms with E-state index in [2.05, 4.69) is 22.1 Å². The maximum atomic E-state index is 12.3. The van der Waals surface area contributed by atoms with Gasteiger partial charge in [0.25, 0.3) is 0 Å². The molecule has 0 aliphatic heterocycles. The number of aromatic nitrogens is 3. The highest BCUT2D eigenvalue weighted by Crippen LogP contribution is 2.26. The molecule has 144 valence electrons. The number of nitrogens with one attached hydrogen (secondary N) is 1. The Labute approximate surface area is 177 Å². The fraction of sp³-hybridized carbons (Fsp3) is 0.150. The average molecular weight is 433 g/mol. The molecule has 0 fully saturated rings. The number of allylic oxidation sites excluding steroid dienone is 1. The summed E-state index contributed by atoms with van der Waals surface area (Å²) in [4.78, 5) is 12.3. The van der Waals surface area contributed by atoms with Gasteiger partial charge in [-0.2, -0.15) is 0 Å². The lowest BCUT2D eigenvalue weighted by molar-refractivity contribution is -0.113. The summed E-state index contributed by atoms with van der Waals surface area (Å²) in [6.07, 6.45) is 1.78. The molecule has 0 radical (unpaired) electrons. The molecule has 2 aromatic carbocycles. The fourth-order valence-electron chi connectivity index (χ4n) is 2.51. The van der Waals surface area contributed by atoms with E-state index < -0.39 is 0 Å². The largest absolute Gasteiger partial charge is 0.325 e. The highest BCUT2D eigenvalue weighted by atomic mass is 35.5. The Bertz CT molecular complexity index is 1000. The third-order valence-electron chi connectivity index (χ3n) is 3.87. The molecular formula is C20H18Cl2N4OS. The summed E-state index contributed by atoms with van der Waals surface area (Å²) in [7, 11) is 0. The number of hydrogen-bond acceptors (Lipinski definition) is 4. The second-order valence-corrected chi connectivity index (χ2v) is 7.79. The lowest BCUT2D eigenvalue weighted by atomic mass is 10.1. The number of thioether (sulfide) groups is 1. The van der Waals surface area contributed by atoms with Crippen molar-refractivity contribution >= 4 is 46.6 Å². The Morgan fingerprint density at radius 2 is 1.93 bits per heavy atom. The number of rotatable bonds is 7. The van der Waals surface area contributed by atoms with Gasteiger partial charge in [-0.3, -0.25) is 9.36 Å². The zero-order valence-corrected chi connectivity index (χ0v) is 17.5. The monoisotopic (exact) mass is 432 g/mol. The van der Waals surface area contributed by atoms with Crippen LogP contribution in [0.5, 0.6) is 0 Å². The standard InChI is InChI=1S/C20H18Cl2N4OS/c1-3-10-26-19(14-6-4-13(2)5-7-14)24-25-20(26)28-12-18(27)23-15-8-9-16(21)17(22)11-15/h3-9,11H,1,10,12H2,2H3,(H,23,27). The smallest absolute Gasteiger partial charge is 0.234 e. The Morgan fingerprint density at radius 3 is 2.61 bits per heavy atom. The van der Waals surface area contributed by atoms with Crippen LogP contribution in [0.3, 0.4) is 0 Å². The van der Waals surface area contributed by atoms with Gasteiger partial charge >= 0.3 is 0 Å². The minimum Gasteiger partial charge on any atom is -0.325 e. The van der Waals surface area contributed by atoms with Gasteiger partial charge in [0.15, 0.2) is 11.0 Å². The van der Waals surface area contributed by atoms with Crippen LogP contribution in [0.4, 0.5) is 5.69 Å². The second kappa shape index (κ2) is 9.28. The molecule has 1 heterocycles. The first-order valence-corrected chi connectivity index (χ1v) is 10.2. The summed E-state index contributed by atoms with van der Waals surface area (Å²) < 4.78 is 1.94. The van der Waals surface area contributed by atoms with Crippen LogP contribution in [-0.4, -0.2) is 26.4 Å². The van der Waals surface area contributed by atoms with Crippen molar-refractivity contribution in [1.82, 2.24) is 14.8 Å². The minimum absolute atomic E-state index is 0.173. The van der Waals surface area contributed by atoms with Crippen LogP contribution < -0.4 is 5.32 Å². The molecule has 0 spiro atoms. The van der Waals surface area contributed by atoms with E-state index in [9.17, 15) is 4.79 Å². The summed E-state index contributed by atoms with van der Waals surface area (Å²) in [5.41, 5.74) is 2.73. The number of hydrogen-bond donors (Lipinski definition) is 1. The second-order valence-electron chi connectivity index (χ2n) is 6.04. The number of anilines is 1. The summed E-state index contributed by atoms with van der Waals surface area (Å²) in [5.74, 6) is 0.754. The molecule has 28 heavy (non-hydrogen) atoms. The van der Waals surface area contributed by atoms with E-state index in [1.54, 1.807) is 24.3 Å². The summed E-state index contributed by atoms with van der Waals surface area (Å²) in [5, 5.41) is 12.8. The number of benzene rings is 2. The molecule has 0 saturated carbocycles. The maximum Gasteiger partial charge on any atom is 0.234 e. The zero-order valence-electron chi connectivity index (χ0n) is 15.2. The molecular weight excluding hydrogens is 415 g/mol. The van der Waals surface area contributed by atoms with E-state index in [1.165, 1.54) is 17.3 Å². The van der Waals surface area contributed by atoms with Gasteiger partial charge in [0.1, 0.15) is 0 Å². The van der Waals surface area contributed by atoms with Crippen LogP contribution in [0.25, 0.3) is 11.4 Å². The number of aryl methyl sites for hydroxylation is 1. The van der Waals surface area contributed by atoms with Crippen molar-refractivity contribution in [2.75, 3.05) is 11.1 Å². The van der Waals surface area contributed by atoms with Crippen molar-refractivity contribution < 1.29 is 4.79 Å². The van der Waals surface area contributed by atoms with E-state index in [1.807, 2.05) is 35.8 Å². The Balaban J connectivity index is 1.71. The van der Waals surface area contributed by atoms with Gasteiger partial charge in [-0.25, -0.2) is 0 Å². The van der Waals surface area contributed by atoms with E-state index in [4.69, 9.17) is 23.2 Å². The molecule has 1 amide bonds. The Kier molecular flexibility index (Phi) is 6.78. The topological polar surface area (TPSA) is 59.8 Å². The van der Waals surface area contributed by atoms with E-state index in [0.717, 1.165) is 11.4 Å². The average Bonchev–Trinajstić information content (AvgIpc) is 3.07. The molecule has 0 bridgehead atoms. The SMILES string of the molecule is C=CCn1c(SCC(=O)Nc2ccc(Cl)c(Cl)c2)nnc1-c1ccc(C)cc1. The summed E-state index contributed by atoms with van der Waals surface area (Å²) in [6.45, 7) is 6.39. The third-order valence-corrected chi connectivity index (χ3v) is 5.58. The maximum absolute atomic E-state index is 12.3. The lowest BCUT2D eigenvalue weighted by Gasteiger charge is -2.09. The zero-order chi connectivity index (χ0) is 20.1. The highest BCUT2D eigenvalue weighted by molar-refractivity contribution is 7.99. The number of carbonyl (C=O) groups is 1. The van der Waals surface area contributed by atoms with Crippen LogP contribution in [0.2, 0.25) is 10.0 Å². The number of halogens is 2. The van der Waals surface area contributed by atoms with E-state index >= 15 is 0 Å². The molecule has 8 heteroatoms. The van der Waals surface area contributed by atoms with Gasteiger partial charge in [-0.1, -0.05) is 70.9 Å².